The van der Waals surface area contributed by atoms with Gasteiger partial charge in [-0.25, -0.2) is 0 Å². The molecule has 0 saturated carbocycles. The molecule has 0 spiro atoms. The smallest absolute Gasteiger partial charge is 0.242 e. The van der Waals surface area contributed by atoms with Gasteiger partial charge in [0.2, 0.25) is 5.88 Å². The van der Waals surface area contributed by atoms with Gasteiger partial charge in [-0.1, -0.05) is 11.6 Å². The number of nitrogens with two attached hydrogens (primary N) is 1. The van der Waals surface area contributed by atoms with Crippen LogP contribution in [0, 0.1) is 0 Å². The first kappa shape index (κ1) is 12.4. The topological polar surface area (TPSA) is 65.4 Å². The van der Waals surface area contributed by atoms with Crippen LogP contribution in [0.4, 0.5) is 0 Å². The van der Waals surface area contributed by atoms with Crippen LogP contribution >= 0.6 is 22.9 Å². The van der Waals surface area contributed by atoms with Crippen molar-refractivity contribution >= 4 is 27.9 Å². The molecule has 3 heterocycles. The normalized spacial score (nSPS) is 11.1. The predicted octanol–water partition coefficient (Wildman–Crippen LogP) is 2.74. The SMILES string of the molecule is NCCc1c(Oc2cncc(Cl)c2)nc2sccn12. The third-order valence-electron chi connectivity index (χ3n) is 2.60. The lowest BCUT2D eigenvalue weighted by Gasteiger charge is -2.05. The molecule has 3 rings (SSSR count). The average molecular weight is 295 g/mol. The number of thiazole rings is 1. The van der Waals surface area contributed by atoms with Gasteiger partial charge in [0.1, 0.15) is 5.75 Å². The molecule has 3 aromatic rings. The van der Waals surface area contributed by atoms with Crippen molar-refractivity contribution < 1.29 is 4.74 Å². The maximum absolute atomic E-state index is 5.88. The summed E-state index contributed by atoms with van der Waals surface area (Å²) in [4.78, 5) is 9.32. The number of aromatic nitrogens is 3. The summed E-state index contributed by atoms with van der Waals surface area (Å²) < 4.78 is 7.75. The zero-order valence-electron chi connectivity index (χ0n) is 9.91. The summed E-state index contributed by atoms with van der Waals surface area (Å²) >= 11 is 7.43. The van der Waals surface area contributed by atoms with E-state index in [1.165, 1.54) is 0 Å². The lowest BCUT2D eigenvalue weighted by molar-refractivity contribution is 0.457. The first-order valence-electron chi connectivity index (χ1n) is 5.71. The highest BCUT2D eigenvalue weighted by atomic mass is 35.5. The summed E-state index contributed by atoms with van der Waals surface area (Å²) in [5.41, 5.74) is 6.60. The maximum Gasteiger partial charge on any atom is 0.242 e. The Morgan fingerprint density at radius 1 is 1.42 bits per heavy atom. The van der Waals surface area contributed by atoms with E-state index in [9.17, 15) is 0 Å². The lowest BCUT2D eigenvalue weighted by Crippen LogP contribution is -2.05. The molecular formula is C12H11ClN4OS. The Bertz CT molecular complexity index is 709. The fraction of sp³-hybridized carbons (Fsp3) is 0.167. The van der Waals surface area contributed by atoms with E-state index in [0.29, 0.717) is 29.6 Å². The van der Waals surface area contributed by atoms with Crippen molar-refractivity contribution in [2.24, 2.45) is 5.73 Å². The molecule has 0 unspecified atom stereocenters. The van der Waals surface area contributed by atoms with Crippen molar-refractivity contribution in [2.45, 2.75) is 6.42 Å². The first-order chi connectivity index (χ1) is 9.28. The second-order valence-electron chi connectivity index (χ2n) is 3.90. The van der Waals surface area contributed by atoms with Crippen LogP contribution in [0.5, 0.6) is 11.6 Å². The minimum Gasteiger partial charge on any atom is -0.436 e. The number of pyridine rings is 1. The fourth-order valence-electron chi connectivity index (χ4n) is 1.82. The molecule has 98 valence electrons. The first-order valence-corrected chi connectivity index (χ1v) is 6.96. The number of hydrogen-bond donors (Lipinski definition) is 1. The monoisotopic (exact) mass is 294 g/mol. The standard InChI is InChI=1S/C12H11ClN4OS/c13-8-5-9(7-15-6-8)18-11-10(1-2-14)17-3-4-19-12(17)16-11/h3-7H,1-2,14H2. The molecule has 19 heavy (non-hydrogen) atoms. The van der Waals surface area contributed by atoms with E-state index in [0.717, 1.165) is 10.7 Å². The lowest BCUT2D eigenvalue weighted by atomic mass is 10.3. The molecule has 3 aromatic heterocycles. The molecule has 0 fully saturated rings. The van der Waals surface area contributed by atoms with E-state index >= 15 is 0 Å². The molecule has 0 amide bonds. The fourth-order valence-corrected chi connectivity index (χ4v) is 2.71. The second-order valence-corrected chi connectivity index (χ2v) is 5.21. The number of fused-ring (bicyclic) bond motifs is 1. The van der Waals surface area contributed by atoms with Crippen LogP contribution < -0.4 is 10.5 Å². The van der Waals surface area contributed by atoms with Crippen molar-refractivity contribution in [1.29, 1.82) is 0 Å². The highest BCUT2D eigenvalue weighted by Crippen LogP contribution is 2.28. The number of hydrogen-bond acceptors (Lipinski definition) is 5. The molecule has 0 atom stereocenters. The molecule has 0 aromatic carbocycles. The Morgan fingerprint density at radius 3 is 3.11 bits per heavy atom. The van der Waals surface area contributed by atoms with Gasteiger partial charge in [-0.2, -0.15) is 4.98 Å². The molecule has 0 bridgehead atoms. The van der Waals surface area contributed by atoms with Crippen LogP contribution in [-0.2, 0) is 6.42 Å². The van der Waals surface area contributed by atoms with Gasteiger partial charge >= 0.3 is 0 Å². The van der Waals surface area contributed by atoms with Crippen molar-refractivity contribution in [3.05, 3.63) is 40.8 Å². The molecule has 0 aliphatic heterocycles. The molecule has 7 heteroatoms. The van der Waals surface area contributed by atoms with Crippen LogP contribution in [0.1, 0.15) is 5.69 Å². The third-order valence-corrected chi connectivity index (χ3v) is 3.56. The van der Waals surface area contributed by atoms with Crippen molar-refractivity contribution in [3.63, 3.8) is 0 Å². The van der Waals surface area contributed by atoms with Gasteiger partial charge in [0.25, 0.3) is 0 Å². The summed E-state index contributed by atoms with van der Waals surface area (Å²) in [6.07, 6.45) is 5.81. The molecule has 2 N–H and O–H groups in total. The summed E-state index contributed by atoms with van der Waals surface area (Å²) in [6.45, 7) is 0.536. The van der Waals surface area contributed by atoms with E-state index in [4.69, 9.17) is 22.1 Å². The zero-order chi connectivity index (χ0) is 13.2. The van der Waals surface area contributed by atoms with Crippen molar-refractivity contribution in [1.82, 2.24) is 14.4 Å². The van der Waals surface area contributed by atoms with E-state index in [1.54, 1.807) is 29.8 Å². The molecule has 0 saturated heterocycles. The second kappa shape index (κ2) is 5.16. The van der Waals surface area contributed by atoms with Crippen molar-refractivity contribution in [2.75, 3.05) is 6.54 Å². The average Bonchev–Trinajstić information content (AvgIpc) is 2.93. The number of halogens is 1. The van der Waals surface area contributed by atoms with Gasteiger partial charge in [-0.05, 0) is 6.54 Å². The Hall–Kier alpha value is -1.63. The number of imidazole rings is 1. The number of ether oxygens (including phenoxy) is 1. The van der Waals surface area contributed by atoms with E-state index in [2.05, 4.69) is 9.97 Å². The van der Waals surface area contributed by atoms with Crippen LogP contribution in [0.15, 0.2) is 30.0 Å². The molecule has 0 radical (unpaired) electrons. The largest absolute Gasteiger partial charge is 0.436 e. The summed E-state index contributed by atoms with van der Waals surface area (Å²) in [7, 11) is 0. The molecule has 0 aliphatic rings. The zero-order valence-corrected chi connectivity index (χ0v) is 11.5. The van der Waals surface area contributed by atoms with Crippen molar-refractivity contribution in [3.8, 4) is 11.6 Å². The molecular weight excluding hydrogens is 284 g/mol. The Kier molecular flexibility index (Phi) is 3.37. The minimum atomic E-state index is 0.527. The van der Waals surface area contributed by atoms with Crippen LogP contribution in [-0.4, -0.2) is 20.9 Å². The molecule has 0 aliphatic carbocycles. The maximum atomic E-state index is 5.88. The summed E-state index contributed by atoms with van der Waals surface area (Å²) in [6, 6.07) is 1.70. The van der Waals surface area contributed by atoms with Crippen LogP contribution in [0.25, 0.3) is 4.96 Å². The summed E-state index contributed by atoms with van der Waals surface area (Å²) in [5.74, 6) is 1.12. The van der Waals surface area contributed by atoms with Crippen LogP contribution in [0.2, 0.25) is 5.02 Å². The quantitative estimate of drug-likeness (QED) is 0.803. The Balaban J connectivity index is 1.99. The highest BCUT2D eigenvalue weighted by molar-refractivity contribution is 7.15. The van der Waals surface area contributed by atoms with Gasteiger partial charge in [0.15, 0.2) is 4.96 Å². The van der Waals surface area contributed by atoms with Gasteiger partial charge in [-0.3, -0.25) is 9.38 Å². The Labute approximate surface area is 118 Å². The molecule has 5 nitrogen and oxygen atoms in total. The number of nitrogens with zero attached hydrogens (tertiary/aromatic N) is 3. The highest BCUT2D eigenvalue weighted by Gasteiger charge is 2.14. The van der Waals surface area contributed by atoms with E-state index in [-0.39, 0.29) is 0 Å². The van der Waals surface area contributed by atoms with Gasteiger partial charge in [0.05, 0.1) is 16.9 Å². The minimum absolute atomic E-state index is 0.527. The van der Waals surface area contributed by atoms with Gasteiger partial charge in [0, 0.05) is 30.3 Å². The van der Waals surface area contributed by atoms with Crippen LogP contribution in [0.3, 0.4) is 0 Å². The number of rotatable bonds is 4. The van der Waals surface area contributed by atoms with Gasteiger partial charge in [-0.15, -0.1) is 11.3 Å². The van der Waals surface area contributed by atoms with E-state index in [1.807, 2.05) is 16.0 Å². The predicted molar refractivity (Wildman–Crippen MR) is 75.1 cm³/mol. The summed E-state index contributed by atoms with van der Waals surface area (Å²) in [5, 5.41) is 2.51. The third kappa shape index (κ3) is 2.42. The Morgan fingerprint density at radius 2 is 2.32 bits per heavy atom. The van der Waals surface area contributed by atoms with Gasteiger partial charge < -0.3 is 10.5 Å². The van der Waals surface area contributed by atoms with E-state index < -0.39 is 0 Å².